The molecule has 0 fully saturated rings. The quantitative estimate of drug-likeness (QED) is 0.557. The van der Waals surface area contributed by atoms with Crippen LogP contribution in [0, 0.1) is 6.92 Å². The third kappa shape index (κ3) is 4.43. The second-order valence-electron chi connectivity index (χ2n) is 5.84. The number of nitrogens with zero attached hydrogens (tertiary/aromatic N) is 2. The van der Waals surface area contributed by atoms with E-state index in [-0.39, 0.29) is 11.3 Å². The molecule has 144 valence electrons. The highest BCUT2D eigenvalue weighted by Gasteiger charge is 2.33. The molecule has 0 unspecified atom stereocenters. The van der Waals surface area contributed by atoms with Gasteiger partial charge in [0.25, 0.3) is 5.91 Å². The van der Waals surface area contributed by atoms with Crippen LogP contribution in [0.3, 0.4) is 0 Å². The molecule has 3 rings (SSSR count). The van der Waals surface area contributed by atoms with Gasteiger partial charge in [-0.1, -0.05) is 23.2 Å². The average Bonchev–Trinajstić information content (AvgIpc) is 2.63. The van der Waals surface area contributed by atoms with Crippen LogP contribution in [0.15, 0.2) is 48.7 Å². The first-order chi connectivity index (χ1) is 13.1. The summed E-state index contributed by atoms with van der Waals surface area (Å²) >= 11 is 12.0. The van der Waals surface area contributed by atoms with Crippen molar-refractivity contribution in [2.75, 3.05) is 5.32 Å². The molecule has 0 aliphatic heterocycles. The van der Waals surface area contributed by atoms with Gasteiger partial charge in [0.2, 0.25) is 0 Å². The van der Waals surface area contributed by atoms with Crippen LogP contribution >= 0.6 is 23.2 Å². The predicted octanol–water partition coefficient (Wildman–Crippen LogP) is 6.03. The van der Waals surface area contributed by atoms with Crippen LogP contribution in [0.5, 0.6) is 0 Å². The zero-order valence-electron chi connectivity index (χ0n) is 14.3. The van der Waals surface area contributed by atoms with Gasteiger partial charge in [-0.3, -0.25) is 9.78 Å². The molecule has 1 amide bonds. The molecule has 2 aromatic heterocycles. The first kappa shape index (κ1) is 20.1. The van der Waals surface area contributed by atoms with Crippen molar-refractivity contribution in [3.05, 3.63) is 75.7 Å². The molecule has 1 aromatic carbocycles. The number of nitrogens with one attached hydrogen (secondary N) is 1. The van der Waals surface area contributed by atoms with Gasteiger partial charge in [0.05, 0.1) is 27.0 Å². The van der Waals surface area contributed by atoms with Crippen molar-refractivity contribution < 1.29 is 18.0 Å². The summed E-state index contributed by atoms with van der Waals surface area (Å²) in [7, 11) is 0. The molecule has 0 bridgehead atoms. The normalized spacial score (nSPS) is 11.4. The van der Waals surface area contributed by atoms with E-state index < -0.39 is 17.8 Å². The molecule has 3 aromatic rings. The molecule has 0 spiro atoms. The standard InChI is InChI=1S/C19H12Cl2F3N3O/c1-10-13(4-7-17(26-10)19(22,23)24)18(28)27-12-3-5-15(21)14(8-12)16-6-2-11(20)9-25-16/h2-9H,1H3,(H,27,28). The molecule has 0 radical (unpaired) electrons. The summed E-state index contributed by atoms with van der Waals surface area (Å²) in [6.45, 7) is 1.34. The van der Waals surface area contributed by atoms with Gasteiger partial charge in [-0.25, -0.2) is 4.98 Å². The number of rotatable bonds is 3. The fraction of sp³-hybridized carbons (Fsp3) is 0.105. The lowest BCUT2D eigenvalue weighted by molar-refractivity contribution is -0.141. The SMILES string of the molecule is Cc1nc(C(F)(F)F)ccc1C(=O)Nc1ccc(Cl)c(-c2ccc(Cl)cn2)c1. The summed E-state index contributed by atoms with van der Waals surface area (Å²) in [4.78, 5) is 20.1. The van der Waals surface area contributed by atoms with Crippen molar-refractivity contribution in [3.8, 4) is 11.3 Å². The van der Waals surface area contributed by atoms with E-state index in [0.717, 1.165) is 12.1 Å². The lowest BCUT2D eigenvalue weighted by Gasteiger charge is -2.12. The number of amides is 1. The largest absolute Gasteiger partial charge is 0.433 e. The summed E-state index contributed by atoms with van der Waals surface area (Å²) in [5, 5.41) is 3.52. The van der Waals surface area contributed by atoms with Crippen molar-refractivity contribution >= 4 is 34.8 Å². The highest BCUT2D eigenvalue weighted by Crippen LogP contribution is 2.31. The molecule has 0 saturated carbocycles. The Balaban J connectivity index is 1.87. The van der Waals surface area contributed by atoms with Crippen LogP contribution in [0.2, 0.25) is 10.0 Å². The van der Waals surface area contributed by atoms with E-state index in [1.54, 1.807) is 30.3 Å². The number of pyridine rings is 2. The van der Waals surface area contributed by atoms with Gasteiger partial charge in [0.15, 0.2) is 0 Å². The number of hydrogen-bond acceptors (Lipinski definition) is 3. The highest BCUT2D eigenvalue weighted by molar-refractivity contribution is 6.33. The monoisotopic (exact) mass is 425 g/mol. The number of aromatic nitrogens is 2. The maximum atomic E-state index is 12.7. The molecule has 4 nitrogen and oxygen atoms in total. The second kappa shape index (κ2) is 7.77. The minimum atomic E-state index is -4.57. The van der Waals surface area contributed by atoms with Gasteiger partial charge in [0, 0.05) is 17.4 Å². The number of aryl methyl sites for hydroxylation is 1. The maximum absolute atomic E-state index is 12.7. The fourth-order valence-corrected chi connectivity index (χ4v) is 2.82. The minimum Gasteiger partial charge on any atom is -0.322 e. The van der Waals surface area contributed by atoms with E-state index in [1.807, 2.05) is 0 Å². The summed E-state index contributed by atoms with van der Waals surface area (Å²) in [5.41, 5.74) is 0.482. The lowest BCUT2D eigenvalue weighted by atomic mass is 10.1. The van der Waals surface area contributed by atoms with E-state index in [1.165, 1.54) is 13.1 Å². The van der Waals surface area contributed by atoms with E-state index in [2.05, 4.69) is 15.3 Å². The minimum absolute atomic E-state index is 0.0270. The number of carbonyl (C=O) groups excluding carboxylic acids is 1. The van der Waals surface area contributed by atoms with Gasteiger partial charge in [-0.15, -0.1) is 0 Å². The second-order valence-corrected chi connectivity index (χ2v) is 6.68. The first-order valence-electron chi connectivity index (χ1n) is 7.93. The van der Waals surface area contributed by atoms with Gasteiger partial charge in [-0.2, -0.15) is 13.2 Å². The van der Waals surface area contributed by atoms with Crippen molar-refractivity contribution in [2.45, 2.75) is 13.1 Å². The summed E-state index contributed by atoms with van der Waals surface area (Å²) < 4.78 is 38.2. The summed E-state index contributed by atoms with van der Waals surface area (Å²) in [6, 6.07) is 9.98. The Morgan fingerprint density at radius 2 is 1.82 bits per heavy atom. The van der Waals surface area contributed by atoms with Crippen LogP contribution < -0.4 is 5.32 Å². The van der Waals surface area contributed by atoms with Crippen molar-refractivity contribution in [1.82, 2.24) is 9.97 Å². The molecule has 28 heavy (non-hydrogen) atoms. The Morgan fingerprint density at radius 3 is 2.43 bits per heavy atom. The van der Waals surface area contributed by atoms with Crippen molar-refractivity contribution in [2.24, 2.45) is 0 Å². The zero-order chi connectivity index (χ0) is 20.5. The average molecular weight is 426 g/mol. The van der Waals surface area contributed by atoms with Gasteiger partial charge >= 0.3 is 6.18 Å². The summed E-state index contributed by atoms with van der Waals surface area (Å²) in [6.07, 6.45) is -3.11. The number of halogens is 5. The van der Waals surface area contributed by atoms with E-state index in [4.69, 9.17) is 23.2 Å². The fourth-order valence-electron chi connectivity index (χ4n) is 2.49. The molecule has 0 saturated heterocycles. The predicted molar refractivity (Wildman–Crippen MR) is 102 cm³/mol. The number of anilines is 1. The highest BCUT2D eigenvalue weighted by atomic mass is 35.5. The van der Waals surface area contributed by atoms with Crippen LogP contribution in [-0.2, 0) is 6.18 Å². The zero-order valence-corrected chi connectivity index (χ0v) is 15.8. The lowest BCUT2D eigenvalue weighted by Crippen LogP contribution is -2.16. The smallest absolute Gasteiger partial charge is 0.322 e. The Morgan fingerprint density at radius 1 is 1.07 bits per heavy atom. The Hall–Kier alpha value is -2.64. The van der Waals surface area contributed by atoms with E-state index in [9.17, 15) is 18.0 Å². The third-order valence-electron chi connectivity index (χ3n) is 3.85. The molecule has 0 atom stereocenters. The molecule has 9 heteroatoms. The van der Waals surface area contributed by atoms with Crippen molar-refractivity contribution in [3.63, 3.8) is 0 Å². The number of alkyl halides is 3. The topological polar surface area (TPSA) is 54.9 Å². The van der Waals surface area contributed by atoms with E-state index in [0.29, 0.717) is 27.0 Å². The van der Waals surface area contributed by atoms with Crippen LogP contribution in [0.25, 0.3) is 11.3 Å². The van der Waals surface area contributed by atoms with Gasteiger partial charge < -0.3 is 5.32 Å². The van der Waals surface area contributed by atoms with Crippen molar-refractivity contribution in [1.29, 1.82) is 0 Å². The molecule has 0 aliphatic rings. The van der Waals surface area contributed by atoms with Crippen LogP contribution in [-0.4, -0.2) is 15.9 Å². The number of carbonyl (C=O) groups is 1. The first-order valence-corrected chi connectivity index (χ1v) is 8.68. The molecule has 1 N–H and O–H groups in total. The maximum Gasteiger partial charge on any atom is 0.433 e. The third-order valence-corrected chi connectivity index (χ3v) is 4.40. The van der Waals surface area contributed by atoms with Gasteiger partial charge in [-0.05, 0) is 49.4 Å². The molecular weight excluding hydrogens is 414 g/mol. The van der Waals surface area contributed by atoms with Crippen LogP contribution in [0.4, 0.5) is 18.9 Å². The Kier molecular flexibility index (Phi) is 5.58. The molecule has 2 heterocycles. The molecule has 0 aliphatic carbocycles. The van der Waals surface area contributed by atoms with Gasteiger partial charge in [0.1, 0.15) is 5.69 Å². The molecular formula is C19H12Cl2F3N3O. The van der Waals surface area contributed by atoms with E-state index >= 15 is 0 Å². The summed E-state index contributed by atoms with van der Waals surface area (Å²) in [5.74, 6) is -0.587. The number of benzene rings is 1. The Labute approximate surface area is 168 Å². The van der Waals surface area contributed by atoms with Crippen LogP contribution in [0.1, 0.15) is 21.7 Å². The Bertz CT molecular complexity index is 1040. The number of hydrogen-bond donors (Lipinski definition) is 1.